The van der Waals surface area contributed by atoms with Gasteiger partial charge in [-0.15, -0.1) is 0 Å². The van der Waals surface area contributed by atoms with Gasteiger partial charge in [-0.1, -0.05) is 6.42 Å². The SMILES string of the molecule is Cc1cc(C(=O)N2CCCC3CCCC32)ccc1NN. The molecule has 1 aliphatic heterocycles. The Hall–Kier alpha value is -1.55. The normalized spacial score (nSPS) is 25.4. The predicted molar refractivity (Wildman–Crippen MR) is 80.4 cm³/mol. The number of piperidine rings is 1. The Morgan fingerprint density at radius 3 is 2.85 bits per heavy atom. The van der Waals surface area contributed by atoms with Crippen LogP contribution < -0.4 is 11.3 Å². The summed E-state index contributed by atoms with van der Waals surface area (Å²) in [4.78, 5) is 14.9. The van der Waals surface area contributed by atoms with Gasteiger partial charge in [-0.05, 0) is 62.3 Å². The van der Waals surface area contributed by atoms with Crippen molar-refractivity contribution in [1.29, 1.82) is 0 Å². The number of hydrogen-bond acceptors (Lipinski definition) is 3. The van der Waals surface area contributed by atoms with Crippen LogP contribution >= 0.6 is 0 Å². The van der Waals surface area contributed by atoms with Gasteiger partial charge in [-0.25, -0.2) is 0 Å². The van der Waals surface area contributed by atoms with Gasteiger partial charge in [0.05, 0.1) is 5.69 Å². The summed E-state index contributed by atoms with van der Waals surface area (Å²) >= 11 is 0. The first kappa shape index (κ1) is 13.4. The topological polar surface area (TPSA) is 58.4 Å². The van der Waals surface area contributed by atoms with E-state index in [-0.39, 0.29) is 5.91 Å². The van der Waals surface area contributed by atoms with E-state index in [1.165, 1.54) is 25.7 Å². The van der Waals surface area contributed by atoms with Gasteiger partial charge < -0.3 is 10.3 Å². The van der Waals surface area contributed by atoms with Crippen LogP contribution in [0.3, 0.4) is 0 Å². The van der Waals surface area contributed by atoms with Crippen LogP contribution in [-0.4, -0.2) is 23.4 Å². The molecule has 0 bridgehead atoms. The van der Waals surface area contributed by atoms with E-state index < -0.39 is 0 Å². The third-order valence-electron chi connectivity index (χ3n) is 4.88. The number of nitrogens with one attached hydrogen (secondary N) is 1. The Kier molecular flexibility index (Phi) is 3.66. The van der Waals surface area contributed by atoms with Crippen molar-refractivity contribution < 1.29 is 4.79 Å². The van der Waals surface area contributed by atoms with Crippen molar-refractivity contribution in [3.63, 3.8) is 0 Å². The Bertz CT molecular complexity index is 514. The van der Waals surface area contributed by atoms with Gasteiger partial charge in [-0.3, -0.25) is 10.6 Å². The minimum absolute atomic E-state index is 0.188. The summed E-state index contributed by atoms with van der Waals surface area (Å²) in [5.74, 6) is 6.37. The molecule has 1 aliphatic carbocycles. The summed E-state index contributed by atoms with van der Waals surface area (Å²) < 4.78 is 0. The standard InChI is InChI=1S/C16H23N3O/c1-11-10-13(7-8-14(11)18-17)16(20)19-9-3-5-12-4-2-6-15(12)19/h7-8,10,12,15,18H,2-6,9,17H2,1H3. The minimum Gasteiger partial charge on any atom is -0.335 e. The van der Waals surface area contributed by atoms with Gasteiger partial charge in [0, 0.05) is 18.2 Å². The molecule has 1 saturated carbocycles. The second-order valence-corrected chi connectivity index (χ2v) is 6.07. The van der Waals surface area contributed by atoms with E-state index in [1.54, 1.807) is 0 Å². The Labute approximate surface area is 120 Å². The van der Waals surface area contributed by atoms with Crippen LogP contribution in [-0.2, 0) is 0 Å². The maximum Gasteiger partial charge on any atom is 0.254 e. The van der Waals surface area contributed by atoms with Crippen LogP contribution in [0.5, 0.6) is 0 Å². The largest absolute Gasteiger partial charge is 0.335 e. The molecule has 2 unspecified atom stereocenters. The minimum atomic E-state index is 0.188. The van der Waals surface area contributed by atoms with E-state index in [1.807, 2.05) is 25.1 Å². The molecule has 1 amide bonds. The van der Waals surface area contributed by atoms with Gasteiger partial charge in [0.25, 0.3) is 5.91 Å². The summed E-state index contributed by atoms with van der Waals surface area (Å²) in [6.07, 6.45) is 6.19. The number of nitrogen functional groups attached to an aromatic ring is 1. The van der Waals surface area contributed by atoms with Crippen molar-refractivity contribution in [3.8, 4) is 0 Å². The highest BCUT2D eigenvalue weighted by Crippen LogP contribution is 2.37. The average Bonchev–Trinajstić information content (AvgIpc) is 2.94. The summed E-state index contributed by atoms with van der Waals surface area (Å²) in [6, 6.07) is 6.18. The quantitative estimate of drug-likeness (QED) is 0.643. The molecule has 0 aromatic heterocycles. The van der Waals surface area contributed by atoms with E-state index in [4.69, 9.17) is 5.84 Å². The van der Waals surface area contributed by atoms with Crippen molar-refractivity contribution in [2.45, 2.75) is 45.1 Å². The summed E-state index contributed by atoms with van der Waals surface area (Å²) in [7, 11) is 0. The van der Waals surface area contributed by atoms with E-state index in [9.17, 15) is 4.79 Å². The fourth-order valence-electron chi connectivity index (χ4n) is 3.83. The van der Waals surface area contributed by atoms with Crippen molar-refractivity contribution in [3.05, 3.63) is 29.3 Å². The number of amides is 1. The highest BCUT2D eigenvalue weighted by Gasteiger charge is 2.37. The molecule has 1 saturated heterocycles. The van der Waals surface area contributed by atoms with E-state index in [0.717, 1.165) is 35.7 Å². The van der Waals surface area contributed by atoms with Gasteiger partial charge in [0.2, 0.25) is 0 Å². The molecule has 20 heavy (non-hydrogen) atoms. The lowest BCUT2D eigenvalue weighted by molar-refractivity contribution is 0.0548. The highest BCUT2D eigenvalue weighted by atomic mass is 16.2. The molecule has 3 rings (SSSR count). The van der Waals surface area contributed by atoms with Gasteiger partial charge in [0.1, 0.15) is 0 Å². The Morgan fingerprint density at radius 1 is 1.30 bits per heavy atom. The number of aryl methyl sites for hydroxylation is 1. The smallest absolute Gasteiger partial charge is 0.254 e. The van der Waals surface area contributed by atoms with E-state index >= 15 is 0 Å². The molecule has 2 aliphatic rings. The van der Waals surface area contributed by atoms with Crippen LogP contribution in [0.4, 0.5) is 5.69 Å². The number of benzene rings is 1. The molecule has 3 N–H and O–H groups in total. The molecular weight excluding hydrogens is 250 g/mol. The lowest BCUT2D eigenvalue weighted by Crippen LogP contribution is -2.46. The maximum absolute atomic E-state index is 12.8. The van der Waals surface area contributed by atoms with Gasteiger partial charge in [0.15, 0.2) is 0 Å². The molecule has 4 heteroatoms. The van der Waals surface area contributed by atoms with Crippen molar-refractivity contribution >= 4 is 11.6 Å². The molecular formula is C16H23N3O. The van der Waals surface area contributed by atoms with Crippen LogP contribution in [0.25, 0.3) is 0 Å². The number of anilines is 1. The van der Waals surface area contributed by atoms with Gasteiger partial charge in [-0.2, -0.15) is 0 Å². The number of rotatable bonds is 2. The van der Waals surface area contributed by atoms with Crippen LogP contribution in [0.2, 0.25) is 0 Å². The Morgan fingerprint density at radius 2 is 2.10 bits per heavy atom. The second kappa shape index (κ2) is 5.44. The second-order valence-electron chi connectivity index (χ2n) is 6.07. The molecule has 1 aromatic carbocycles. The Balaban J connectivity index is 1.82. The van der Waals surface area contributed by atoms with Crippen LogP contribution in [0.15, 0.2) is 18.2 Å². The maximum atomic E-state index is 12.8. The number of hydrazine groups is 1. The predicted octanol–water partition coefficient (Wildman–Crippen LogP) is 2.69. The van der Waals surface area contributed by atoms with Crippen LogP contribution in [0, 0.1) is 12.8 Å². The van der Waals surface area contributed by atoms with Crippen molar-refractivity contribution in [1.82, 2.24) is 4.90 Å². The highest BCUT2D eigenvalue weighted by molar-refractivity contribution is 5.95. The first-order valence-corrected chi connectivity index (χ1v) is 7.59. The number of nitrogens with zero attached hydrogens (tertiary/aromatic N) is 1. The monoisotopic (exact) mass is 273 g/mol. The summed E-state index contributed by atoms with van der Waals surface area (Å²) in [6.45, 7) is 2.89. The number of carbonyl (C=O) groups excluding carboxylic acids is 1. The van der Waals surface area contributed by atoms with Crippen molar-refractivity contribution in [2.24, 2.45) is 11.8 Å². The number of fused-ring (bicyclic) bond motifs is 1. The molecule has 4 nitrogen and oxygen atoms in total. The zero-order chi connectivity index (χ0) is 14.1. The number of carbonyl (C=O) groups is 1. The fourth-order valence-corrected chi connectivity index (χ4v) is 3.83. The van der Waals surface area contributed by atoms with E-state index in [2.05, 4.69) is 10.3 Å². The number of likely N-dealkylation sites (tertiary alicyclic amines) is 1. The van der Waals surface area contributed by atoms with Crippen molar-refractivity contribution in [2.75, 3.05) is 12.0 Å². The third kappa shape index (κ3) is 2.29. The zero-order valence-electron chi connectivity index (χ0n) is 12.1. The number of nitrogens with two attached hydrogens (primary N) is 1. The molecule has 0 spiro atoms. The summed E-state index contributed by atoms with van der Waals surface area (Å²) in [5.41, 5.74) is 5.33. The summed E-state index contributed by atoms with van der Waals surface area (Å²) in [5, 5.41) is 0. The average molecular weight is 273 g/mol. The lowest BCUT2D eigenvalue weighted by atomic mass is 9.91. The van der Waals surface area contributed by atoms with Gasteiger partial charge >= 0.3 is 0 Å². The lowest BCUT2D eigenvalue weighted by Gasteiger charge is -2.38. The third-order valence-corrected chi connectivity index (χ3v) is 4.88. The molecule has 2 atom stereocenters. The first-order valence-electron chi connectivity index (χ1n) is 7.59. The fraction of sp³-hybridized carbons (Fsp3) is 0.562. The van der Waals surface area contributed by atoms with Crippen LogP contribution in [0.1, 0.15) is 48.0 Å². The molecule has 1 heterocycles. The van der Waals surface area contributed by atoms with E-state index in [0.29, 0.717) is 6.04 Å². The number of hydrogen-bond donors (Lipinski definition) is 2. The molecule has 1 aromatic rings. The molecule has 2 fully saturated rings. The zero-order valence-corrected chi connectivity index (χ0v) is 12.1. The first-order chi connectivity index (χ1) is 9.70. The molecule has 108 valence electrons. The molecule has 0 radical (unpaired) electrons.